The highest BCUT2D eigenvalue weighted by molar-refractivity contribution is 5.94. The number of rotatable bonds is 2. The molecule has 1 fully saturated rings. The summed E-state index contributed by atoms with van der Waals surface area (Å²) in [5.41, 5.74) is 2.96. The van der Waals surface area contributed by atoms with E-state index in [2.05, 4.69) is 35.0 Å². The number of hydrogen-bond acceptors (Lipinski definition) is 4. The summed E-state index contributed by atoms with van der Waals surface area (Å²) in [6.45, 7) is 5.30. The number of nitrogens with zero attached hydrogens (tertiary/aromatic N) is 4. The zero-order valence-corrected chi connectivity index (χ0v) is 14.9. The average molecular weight is 346 g/mol. The molecule has 1 amide bonds. The largest absolute Gasteiger partial charge is 0.355 e. The molecule has 4 rings (SSSR count). The van der Waals surface area contributed by atoms with E-state index in [1.54, 1.807) is 24.5 Å². The van der Waals surface area contributed by atoms with Gasteiger partial charge in [-0.05, 0) is 43.2 Å². The molecular formula is C21H22N4O. The second-order valence-electron chi connectivity index (χ2n) is 6.68. The van der Waals surface area contributed by atoms with Crippen LogP contribution < -0.4 is 4.90 Å². The third-order valence-corrected chi connectivity index (χ3v) is 4.94. The molecule has 0 unspecified atom stereocenters. The fourth-order valence-corrected chi connectivity index (χ4v) is 3.52. The summed E-state index contributed by atoms with van der Waals surface area (Å²) in [6.07, 6.45) is 4.27. The summed E-state index contributed by atoms with van der Waals surface area (Å²) in [5, 5.41) is 1.19. The Hall–Kier alpha value is -2.95. The number of anilines is 1. The van der Waals surface area contributed by atoms with Crippen LogP contribution in [-0.2, 0) is 0 Å². The van der Waals surface area contributed by atoms with E-state index in [4.69, 9.17) is 4.98 Å². The van der Waals surface area contributed by atoms with Crippen molar-refractivity contribution in [1.29, 1.82) is 0 Å². The standard InChI is InChI=1S/C21H22N4O/c1-16-15-20(23-19-6-3-2-5-18(16)19)24-11-4-12-25(14-13-24)21(26)17-7-9-22-10-8-17/h2-3,5-10,15H,4,11-14H2,1H3. The highest BCUT2D eigenvalue weighted by Crippen LogP contribution is 2.23. The molecule has 132 valence electrons. The minimum atomic E-state index is 0.0805. The van der Waals surface area contributed by atoms with Gasteiger partial charge in [-0.3, -0.25) is 9.78 Å². The number of fused-ring (bicyclic) bond motifs is 1. The van der Waals surface area contributed by atoms with Crippen LogP contribution in [-0.4, -0.2) is 47.0 Å². The molecule has 5 nitrogen and oxygen atoms in total. The van der Waals surface area contributed by atoms with Crippen LogP contribution in [0.5, 0.6) is 0 Å². The molecule has 1 aromatic carbocycles. The van der Waals surface area contributed by atoms with E-state index in [1.165, 1.54) is 10.9 Å². The van der Waals surface area contributed by atoms with Gasteiger partial charge < -0.3 is 9.80 Å². The van der Waals surface area contributed by atoms with Gasteiger partial charge in [-0.25, -0.2) is 4.98 Å². The van der Waals surface area contributed by atoms with Crippen molar-refractivity contribution in [3.63, 3.8) is 0 Å². The summed E-state index contributed by atoms with van der Waals surface area (Å²) in [6, 6.07) is 13.9. The summed E-state index contributed by atoms with van der Waals surface area (Å²) >= 11 is 0. The van der Waals surface area contributed by atoms with E-state index in [0.29, 0.717) is 12.1 Å². The Morgan fingerprint density at radius 1 is 1.00 bits per heavy atom. The normalized spacial score (nSPS) is 15.1. The molecule has 1 aliphatic heterocycles. The molecule has 1 aliphatic rings. The van der Waals surface area contributed by atoms with Crippen LogP contribution in [0.3, 0.4) is 0 Å². The molecule has 5 heteroatoms. The van der Waals surface area contributed by atoms with Gasteiger partial charge in [-0.2, -0.15) is 0 Å². The number of aromatic nitrogens is 2. The minimum absolute atomic E-state index is 0.0805. The summed E-state index contributed by atoms with van der Waals surface area (Å²) < 4.78 is 0. The summed E-state index contributed by atoms with van der Waals surface area (Å²) in [4.78, 5) is 25.7. The average Bonchev–Trinajstić information content (AvgIpc) is 2.94. The van der Waals surface area contributed by atoms with E-state index in [9.17, 15) is 4.79 Å². The second-order valence-corrected chi connectivity index (χ2v) is 6.68. The fraction of sp³-hybridized carbons (Fsp3) is 0.286. The topological polar surface area (TPSA) is 49.3 Å². The van der Waals surface area contributed by atoms with Gasteiger partial charge in [0.2, 0.25) is 0 Å². The van der Waals surface area contributed by atoms with Gasteiger partial charge in [0.1, 0.15) is 5.82 Å². The number of para-hydroxylation sites is 1. The molecule has 0 atom stereocenters. The first-order chi connectivity index (χ1) is 12.7. The van der Waals surface area contributed by atoms with Crippen LogP contribution >= 0.6 is 0 Å². The molecule has 0 saturated carbocycles. The number of aryl methyl sites for hydroxylation is 1. The van der Waals surface area contributed by atoms with Crippen molar-refractivity contribution >= 4 is 22.6 Å². The lowest BCUT2D eigenvalue weighted by Gasteiger charge is -2.23. The van der Waals surface area contributed by atoms with Gasteiger partial charge in [-0.1, -0.05) is 18.2 Å². The first-order valence-corrected chi connectivity index (χ1v) is 9.03. The highest BCUT2D eigenvalue weighted by Gasteiger charge is 2.21. The first kappa shape index (κ1) is 16.5. The molecule has 1 saturated heterocycles. The fourth-order valence-electron chi connectivity index (χ4n) is 3.52. The molecular weight excluding hydrogens is 324 g/mol. The molecule has 3 aromatic rings. The number of hydrogen-bond donors (Lipinski definition) is 0. The first-order valence-electron chi connectivity index (χ1n) is 9.03. The Labute approximate surface area is 153 Å². The smallest absolute Gasteiger partial charge is 0.254 e. The van der Waals surface area contributed by atoms with Crippen LogP contribution in [0, 0.1) is 6.92 Å². The predicted octanol–water partition coefficient (Wildman–Crippen LogP) is 3.29. The predicted molar refractivity (Wildman–Crippen MR) is 103 cm³/mol. The van der Waals surface area contributed by atoms with Crippen molar-refractivity contribution in [3.05, 3.63) is 66.0 Å². The van der Waals surface area contributed by atoms with Crippen molar-refractivity contribution < 1.29 is 4.79 Å². The number of benzene rings is 1. The molecule has 0 bridgehead atoms. The van der Waals surface area contributed by atoms with Gasteiger partial charge in [-0.15, -0.1) is 0 Å². The maximum absolute atomic E-state index is 12.7. The Balaban J connectivity index is 1.53. The molecule has 0 radical (unpaired) electrons. The zero-order valence-electron chi connectivity index (χ0n) is 14.9. The molecule has 2 aromatic heterocycles. The third kappa shape index (κ3) is 3.25. The summed E-state index contributed by atoms with van der Waals surface area (Å²) in [5.74, 6) is 1.08. The van der Waals surface area contributed by atoms with Crippen LogP contribution in [0.1, 0.15) is 22.3 Å². The summed E-state index contributed by atoms with van der Waals surface area (Å²) in [7, 11) is 0. The lowest BCUT2D eigenvalue weighted by molar-refractivity contribution is 0.0767. The Kier molecular flexibility index (Phi) is 4.52. The molecule has 0 N–H and O–H groups in total. The van der Waals surface area contributed by atoms with E-state index in [1.807, 2.05) is 17.0 Å². The Morgan fingerprint density at radius 3 is 2.65 bits per heavy atom. The monoisotopic (exact) mass is 346 g/mol. The van der Waals surface area contributed by atoms with E-state index >= 15 is 0 Å². The zero-order chi connectivity index (χ0) is 17.9. The third-order valence-electron chi connectivity index (χ3n) is 4.94. The van der Waals surface area contributed by atoms with Crippen molar-refractivity contribution in [2.45, 2.75) is 13.3 Å². The maximum atomic E-state index is 12.7. The second kappa shape index (κ2) is 7.12. The van der Waals surface area contributed by atoms with E-state index < -0.39 is 0 Å². The van der Waals surface area contributed by atoms with Crippen LogP contribution in [0.2, 0.25) is 0 Å². The number of pyridine rings is 2. The van der Waals surface area contributed by atoms with Gasteiger partial charge in [0.05, 0.1) is 5.52 Å². The van der Waals surface area contributed by atoms with Crippen molar-refractivity contribution in [1.82, 2.24) is 14.9 Å². The van der Waals surface area contributed by atoms with Crippen LogP contribution in [0.15, 0.2) is 54.9 Å². The van der Waals surface area contributed by atoms with Crippen molar-refractivity contribution in [2.24, 2.45) is 0 Å². The molecule has 3 heterocycles. The lowest BCUT2D eigenvalue weighted by Crippen LogP contribution is -2.35. The van der Waals surface area contributed by atoms with E-state index in [0.717, 1.165) is 37.4 Å². The Bertz CT molecular complexity index is 926. The minimum Gasteiger partial charge on any atom is -0.355 e. The molecule has 0 aliphatic carbocycles. The number of carbonyl (C=O) groups is 1. The number of carbonyl (C=O) groups excluding carboxylic acids is 1. The van der Waals surface area contributed by atoms with Crippen molar-refractivity contribution in [3.8, 4) is 0 Å². The van der Waals surface area contributed by atoms with Gasteiger partial charge in [0.15, 0.2) is 0 Å². The number of amides is 1. The maximum Gasteiger partial charge on any atom is 0.254 e. The SMILES string of the molecule is Cc1cc(N2CCCN(C(=O)c3ccncc3)CC2)nc2ccccc12. The van der Waals surface area contributed by atoms with Gasteiger partial charge in [0, 0.05) is 49.5 Å². The molecule has 26 heavy (non-hydrogen) atoms. The van der Waals surface area contributed by atoms with Gasteiger partial charge in [0.25, 0.3) is 5.91 Å². The lowest BCUT2D eigenvalue weighted by atomic mass is 10.1. The molecule has 0 spiro atoms. The van der Waals surface area contributed by atoms with E-state index in [-0.39, 0.29) is 5.91 Å². The van der Waals surface area contributed by atoms with Crippen LogP contribution in [0.25, 0.3) is 10.9 Å². The quantitative estimate of drug-likeness (QED) is 0.714. The van der Waals surface area contributed by atoms with Crippen molar-refractivity contribution in [2.75, 3.05) is 31.1 Å². The van der Waals surface area contributed by atoms with Crippen LogP contribution in [0.4, 0.5) is 5.82 Å². The van der Waals surface area contributed by atoms with Gasteiger partial charge >= 0.3 is 0 Å². The Morgan fingerprint density at radius 2 is 1.81 bits per heavy atom. The highest BCUT2D eigenvalue weighted by atomic mass is 16.2.